The number of rotatable bonds is 3. The predicted octanol–water partition coefficient (Wildman–Crippen LogP) is 2.65. The summed E-state index contributed by atoms with van der Waals surface area (Å²) in [4.78, 5) is 30.2. The molecule has 0 radical (unpaired) electrons. The molecule has 0 unspecified atom stereocenters. The van der Waals surface area contributed by atoms with Crippen molar-refractivity contribution in [3.05, 3.63) is 28.7 Å². The van der Waals surface area contributed by atoms with Gasteiger partial charge in [-0.15, -0.1) is 0 Å². The van der Waals surface area contributed by atoms with E-state index in [0.717, 1.165) is 30.4 Å². The van der Waals surface area contributed by atoms with Crippen molar-refractivity contribution in [1.82, 2.24) is 0 Å². The predicted molar refractivity (Wildman–Crippen MR) is 80.7 cm³/mol. The lowest BCUT2D eigenvalue weighted by Gasteiger charge is -2.33. The van der Waals surface area contributed by atoms with Gasteiger partial charge in [-0.2, -0.15) is 9.59 Å². The molecule has 6 heteroatoms. The maximum Gasteiger partial charge on any atom is 0.373 e. The Labute approximate surface area is 132 Å². The van der Waals surface area contributed by atoms with Gasteiger partial charge in [-0.3, -0.25) is 4.79 Å². The van der Waals surface area contributed by atoms with Crippen LogP contribution in [0.1, 0.15) is 19.8 Å². The molecular weight excluding hydrogens is 338 g/mol. The fraction of sp³-hybridized carbons (Fsp3) is 0.467. The van der Waals surface area contributed by atoms with Crippen molar-refractivity contribution < 1.29 is 19.1 Å². The molecule has 21 heavy (non-hydrogen) atoms. The number of ether oxygens (including phenoxy) is 1. The van der Waals surface area contributed by atoms with E-state index in [1.54, 1.807) is 0 Å². The van der Waals surface area contributed by atoms with Gasteiger partial charge >= 0.3 is 12.1 Å². The maximum absolute atomic E-state index is 11.7. The minimum Gasteiger partial charge on any atom is -0.466 e. The highest BCUT2D eigenvalue weighted by Crippen LogP contribution is 2.29. The molecule has 5 nitrogen and oxygen atoms in total. The van der Waals surface area contributed by atoms with Crippen LogP contribution in [0.4, 0.5) is 5.69 Å². The van der Waals surface area contributed by atoms with Gasteiger partial charge in [0.05, 0.1) is 18.2 Å². The van der Waals surface area contributed by atoms with E-state index in [1.807, 2.05) is 25.1 Å². The highest BCUT2D eigenvalue weighted by atomic mass is 79.9. The Kier molecular flexibility index (Phi) is 7.72. The monoisotopic (exact) mass is 355 g/mol. The number of halogens is 1. The van der Waals surface area contributed by atoms with Crippen LogP contribution in [0.25, 0.3) is 0 Å². The summed E-state index contributed by atoms with van der Waals surface area (Å²) in [6.45, 7) is 4.15. The van der Waals surface area contributed by atoms with E-state index < -0.39 is 0 Å². The number of esters is 1. The van der Waals surface area contributed by atoms with Crippen LogP contribution in [-0.2, 0) is 19.1 Å². The first-order chi connectivity index (χ1) is 10.1. The summed E-state index contributed by atoms with van der Waals surface area (Å²) in [5.41, 5.74) is 1.21. The first-order valence-electron chi connectivity index (χ1n) is 6.79. The maximum atomic E-state index is 11.7. The Balaban J connectivity index is 0.000000677. The quantitative estimate of drug-likeness (QED) is 0.779. The molecule has 0 aromatic heterocycles. The molecule has 1 aliphatic heterocycles. The second-order valence-corrected chi connectivity index (χ2v) is 5.40. The Bertz CT molecular complexity index is 492. The molecule has 0 amide bonds. The van der Waals surface area contributed by atoms with E-state index in [4.69, 9.17) is 14.3 Å². The van der Waals surface area contributed by atoms with Crippen molar-refractivity contribution in [3.8, 4) is 0 Å². The van der Waals surface area contributed by atoms with Gasteiger partial charge in [0.25, 0.3) is 0 Å². The first-order valence-corrected chi connectivity index (χ1v) is 7.58. The highest BCUT2D eigenvalue weighted by molar-refractivity contribution is 9.10. The van der Waals surface area contributed by atoms with Crippen LogP contribution in [0, 0.1) is 5.92 Å². The number of benzene rings is 1. The fourth-order valence-electron chi connectivity index (χ4n) is 2.32. The molecule has 0 bridgehead atoms. The van der Waals surface area contributed by atoms with Crippen molar-refractivity contribution in [2.45, 2.75) is 19.8 Å². The largest absolute Gasteiger partial charge is 0.466 e. The Morgan fingerprint density at radius 2 is 1.90 bits per heavy atom. The fourth-order valence-corrected chi connectivity index (χ4v) is 2.86. The molecule has 1 aromatic rings. The second kappa shape index (κ2) is 9.32. The number of carbonyl (C=O) groups is 1. The molecule has 1 heterocycles. The van der Waals surface area contributed by atoms with Gasteiger partial charge in [-0.25, -0.2) is 0 Å². The second-order valence-electron chi connectivity index (χ2n) is 4.55. The van der Waals surface area contributed by atoms with Gasteiger partial charge in [-0.1, -0.05) is 12.1 Å². The van der Waals surface area contributed by atoms with Gasteiger partial charge < -0.3 is 9.64 Å². The minimum atomic E-state index is -0.0377. The molecule has 114 valence electrons. The third kappa shape index (κ3) is 5.33. The van der Waals surface area contributed by atoms with Crippen LogP contribution in [0.15, 0.2) is 28.7 Å². The number of hydrogen-bond donors (Lipinski definition) is 0. The topological polar surface area (TPSA) is 63.7 Å². The van der Waals surface area contributed by atoms with E-state index in [9.17, 15) is 4.79 Å². The Morgan fingerprint density at radius 3 is 2.43 bits per heavy atom. The Morgan fingerprint density at radius 1 is 1.33 bits per heavy atom. The molecule has 2 rings (SSSR count). The van der Waals surface area contributed by atoms with Gasteiger partial charge in [0, 0.05) is 17.6 Å². The zero-order valence-electron chi connectivity index (χ0n) is 11.9. The third-order valence-electron chi connectivity index (χ3n) is 3.31. The van der Waals surface area contributed by atoms with E-state index in [-0.39, 0.29) is 18.0 Å². The van der Waals surface area contributed by atoms with Crippen molar-refractivity contribution in [2.75, 3.05) is 24.6 Å². The smallest absolute Gasteiger partial charge is 0.373 e. The van der Waals surface area contributed by atoms with Crippen LogP contribution in [-0.4, -0.2) is 31.8 Å². The summed E-state index contributed by atoms with van der Waals surface area (Å²) < 4.78 is 6.19. The molecule has 1 aromatic carbocycles. The lowest BCUT2D eigenvalue weighted by molar-refractivity contribution is -0.191. The average Bonchev–Trinajstić information content (AvgIpc) is 2.49. The summed E-state index contributed by atoms with van der Waals surface area (Å²) >= 11 is 3.57. The molecule has 1 saturated heterocycles. The van der Waals surface area contributed by atoms with Crippen molar-refractivity contribution in [1.29, 1.82) is 0 Å². The Hall–Kier alpha value is -1.65. The van der Waals surface area contributed by atoms with E-state index in [0.29, 0.717) is 6.61 Å². The first kappa shape index (κ1) is 17.4. The standard InChI is InChI=1S/C14H18BrNO2.CO2/c1-2-18-14(17)11-7-9-16(10-8-11)13-6-4-3-5-12(13)15;2-1-3/h3-6,11H,2,7-10H2,1H3;. The van der Waals surface area contributed by atoms with Crippen molar-refractivity contribution >= 4 is 33.7 Å². The molecule has 1 fully saturated rings. The SMILES string of the molecule is CCOC(=O)C1CCN(c2ccccc2Br)CC1.O=C=O. The van der Waals surface area contributed by atoms with E-state index in [1.165, 1.54) is 5.69 Å². The van der Waals surface area contributed by atoms with Crippen LogP contribution in [0.2, 0.25) is 0 Å². The lowest BCUT2D eigenvalue weighted by atomic mass is 9.96. The summed E-state index contributed by atoms with van der Waals surface area (Å²) in [7, 11) is 0. The normalized spacial score (nSPS) is 14.7. The number of piperidine rings is 1. The number of para-hydroxylation sites is 1. The lowest BCUT2D eigenvalue weighted by Crippen LogP contribution is -2.37. The van der Waals surface area contributed by atoms with Gasteiger partial charge in [-0.05, 0) is 47.8 Å². The number of carbonyl (C=O) groups excluding carboxylic acids is 3. The number of nitrogens with zero attached hydrogens (tertiary/aromatic N) is 1. The van der Waals surface area contributed by atoms with Crippen LogP contribution >= 0.6 is 15.9 Å². The van der Waals surface area contributed by atoms with Crippen LogP contribution < -0.4 is 4.90 Å². The van der Waals surface area contributed by atoms with Crippen LogP contribution in [0.5, 0.6) is 0 Å². The molecule has 0 aliphatic carbocycles. The summed E-state index contributed by atoms with van der Waals surface area (Å²) in [6.07, 6.45) is 2.00. The summed E-state index contributed by atoms with van der Waals surface area (Å²) in [5.74, 6) is 0.0352. The summed E-state index contributed by atoms with van der Waals surface area (Å²) in [6, 6.07) is 8.21. The van der Waals surface area contributed by atoms with E-state index >= 15 is 0 Å². The van der Waals surface area contributed by atoms with Crippen molar-refractivity contribution in [3.63, 3.8) is 0 Å². The molecular formula is C15H18BrNO4. The molecule has 0 spiro atoms. The molecule has 0 atom stereocenters. The highest BCUT2D eigenvalue weighted by Gasteiger charge is 2.26. The molecule has 0 N–H and O–H groups in total. The number of hydrogen-bond acceptors (Lipinski definition) is 5. The van der Waals surface area contributed by atoms with Gasteiger partial charge in [0.15, 0.2) is 0 Å². The van der Waals surface area contributed by atoms with Crippen LogP contribution in [0.3, 0.4) is 0 Å². The van der Waals surface area contributed by atoms with Gasteiger partial charge in [0.2, 0.25) is 0 Å². The number of anilines is 1. The minimum absolute atomic E-state index is 0.0377. The molecule has 0 saturated carbocycles. The average molecular weight is 356 g/mol. The summed E-state index contributed by atoms with van der Waals surface area (Å²) in [5, 5.41) is 0. The zero-order valence-corrected chi connectivity index (χ0v) is 13.5. The van der Waals surface area contributed by atoms with Crippen molar-refractivity contribution in [2.24, 2.45) is 5.92 Å². The molecule has 1 aliphatic rings. The third-order valence-corrected chi connectivity index (χ3v) is 3.98. The zero-order chi connectivity index (χ0) is 15.7. The van der Waals surface area contributed by atoms with Gasteiger partial charge in [0.1, 0.15) is 0 Å². The van der Waals surface area contributed by atoms with E-state index in [2.05, 4.69) is 26.9 Å².